The summed E-state index contributed by atoms with van der Waals surface area (Å²) in [4.78, 5) is 18.8. The van der Waals surface area contributed by atoms with Crippen molar-refractivity contribution >= 4 is 6.16 Å². The van der Waals surface area contributed by atoms with Crippen LogP contribution in [0.25, 0.3) is 0 Å². The predicted octanol–water partition coefficient (Wildman–Crippen LogP) is 1.33. The number of carbonyl (C=O) groups is 1. The normalized spacial score (nSPS) is 9.53. The van der Waals surface area contributed by atoms with Gasteiger partial charge in [0.15, 0.2) is 0 Å². The minimum absolute atomic E-state index is 0.00144. The summed E-state index contributed by atoms with van der Waals surface area (Å²) >= 11 is 0. The quantitative estimate of drug-likeness (QED) is 0.704. The van der Waals surface area contributed by atoms with Gasteiger partial charge in [-0.15, -0.1) is 0 Å². The Labute approximate surface area is 87.2 Å². The monoisotopic (exact) mass is 212 g/mol. The Kier molecular flexibility index (Phi) is 3.84. The van der Waals surface area contributed by atoms with Gasteiger partial charge in [-0.1, -0.05) is 0 Å². The van der Waals surface area contributed by atoms with Crippen LogP contribution >= 0.6 is 0 Å². The van der Waals surface area contributed by atoms with Gasteiger partial charge in [-0.25, -0.2) is 14.8 Å². The predicted molar refractivity (Wildman–Crippen MR) is 51.0 cm³/mol. The van der Waals surface area contributed by atoms with Crippen molar-refractivity contribution in [2.45, 2.75) is 13.8 Å². The number of aryl methyl sites for hydroxylation is 1. The van der Waals surface area contributed by atoms with Crippen LogP contribution in [0.3, 0.4) is 0 Å². The largest absolute Gasteiger partial charge is 0.515 e. The van der Waals surface area contributed by atoms with Crippen molar-refractivity contribution in [1.29, 1.82) is 0 Å². The molecule has 1 rings (SSSR count). The van der Waals surface area contributed by atoms with Gasteiger partial charge in [0.2, 0.25) is 0 Å². The molecule has 15 heavy (non-hydrogen) atoms. The molecule has 0 spiro atoms. The van der Waals surface area contributed by atoms with E-state index in [1.807, 2.05) is 0 Å². The van der Waals surface area contributed by atoms with Crippen LogP contribution in [0.4, 0.5) is 4.79 Å². The first-order valence-electron chi connectivity index (χ1n) is 4.39. The third-order valence-electron chi connectivity index (χ3n) is 1.47. The number of rotatable bonds is 3. The number of carbonyl (C=O) groups excluding carboxylic acids is 1. The molecule has 0 atom stereocenters. The van der Waals surface area contributed by atoms with Gasteiger partial charge in [-0.2, -0.15) is 0 Å². The summed E-state index contributed by atoms with van der Waals surface area (Å²) < 4.78 is 14.3. The molecule has 0 aliphatic heterocycles. The summed E-state index contributed by atoms with van der Waals surface area (Å²) in [6.45, 7) is 3.67. The standard InChI is InChI=1S/C9H12N2O4/c1-4-14-9(12)15-7-8(13-3)11-6(2)5-10-7/h5H,4H2,1-3H3. The molecule has 1 aromatic rings. The Balaban J connectivity index is 2.80. The van der Waals surface area contributed by atoms with Gasteiger partial charge < -0.3 is 14.2 Å². The molecule has 0 amide bonds. The molecule has 0 aromatic carbocycles. The van der Waals surface area contributed by atoms with Gasteiger partial charge in [0.25, 0.3) is 11.8 Å². The minimum atomic E-state index is -0.825. The van der Waals surface area contributed by atoms with Gasteiger partial charge in [0.1, 0.15) is 0 Å². The van der Waals surface area contributed by atoms with Crippen LogP contribution in [-0.2, 0) is 4.74 Å². The highest BCUT2D eigenvalue weighted by Gasteiger charge is 2.13. The Hall–Kier alpha value is -1.85. The number of ether oxygens (including phenoxy) is 3. The molecule has 1 heterocycles. The van der Waals surface area contributed by atoms with Gasteiger partial charge in [-0.3, -0.25) is 0 Å². The fourth-order valence-electron chi connectivity index (χ4n) is 0.873. The van der Waals surface area contributed by atoms with Crippen LogP contribution in [0.1, 0.15) is 12.6 Å². The van der Waals surface area contributed by atoms with Crippen LogP contribution in [0.15, 0.2) is 6.20 Å². The van der Waals surface area contributed by atoms with E-state index < -0.39 is 6.16 Å². The summed E-state index contributed by atoms with van der Waals surface area (Å²) in [6.07, 6.45) is 0.644. The van der Waals surface area contributed by atoms with E-state index in [4.69, 9.17) is 9.47 Å². The van der Waals surface area contributed by atoms with Crippen LogP contribution in [0.2, 0.25) is 0 Å². The molecule has 82 valence electrons. The van der Waals surface area contributed by atoms with Crippen molar-refractivity contribution in [3.05, 3.63) is 11.9 Å². The summed E-state index contributed by atoms with van der Waals surface area (Å²) in [5.74, 6) is 0.157. The first kappa shape index (κ1) is 11.2. The van der Waals surface area contributed by atoms with Gasteiger partial charge in [0.05, 0.1) is 25.6 Å². The molecular formula is C9H12N2O4. The zero-order valence-electron chi connectivity index (χ0n) is 8.81. The van der Waals surface area contributed by atoms with E-state index in [9.17, 15) is 4.79 Å². The van der Waals surface area contributed by atoms with Gasteiger partial charge in [-0.05, 0) is 13.8 Å². The summed E-state index contributed by atoms with van der Waals surface area (Å²) in [5.41, 5.74) is 0.669. The van der Waals surface area contributed by atoms with E-state index in [1.165, 1.54) is 13.3 Å². The van der Waals surface area contributed by atoms with Crippen LogP contribution in [-0.4, -0.2) is 29.8 Å². The van der Waals surface area contributed by atoms with E-state index in [-0.39, 0.29) is 18.4 Å². The van der Waals surface area contributed by atoms with Crippen LogP contribution in [0, 0.1) is 6.92 Å². The number of nitrogens with zero attached hydrogens (tertiary/aromatic N) is 2. The zero-order chi connectivity index (χ0) is 11.3. The summed E-state index contributed by atoms with van der Waals surface area (Å²) in [5, 5.41) is 0. The lowest BCUT2D eigenvalue weighted by atomic mass is 10.5. The fourth-order valence-corrected chi connectivity index (χ4v) is 0.873. The van der Waals surface area contributed by atoms with Crippen molar-refractivity contribution in [3.8, 4) is 11.8 Å². The lowest BCUT2D eigenvalue weighted by Crippen LogP contribution is -2.12. The van der Waals surface area contributed by atoms with Gasteiger partial charge in [0, 0.05) is 0 Å². The summed E-state index contributed by atoms with van der Waals surface area (Å²) in [6, 6.07) is 0. The van der Waals surface area contributed by atoms with Crippen LogP contribution in [0.5, 0.6) is 11.8 Å². The number of aromatic nitrogens is 2. The number of methoxy groups -OCH3 is 1. The third kappa shape index (κ3) is 3.08. The first-order valence-corrected chi connectivity index (χ1v) is 4.39. The molecule has 0 bridgehead atoms. The second kappa shape index (κ2) is 5.14. The molecule has 1 aromatic heterocycles. The van der Waals surface area contributed by atoms with Crippen molar-refractivity contribution < 1.29 is 19.0 Å². The molecule has 0 saturated heterocycles. The zero-order valence-corrected chi connectivity index (χ0v) is 8.81. The second-order valence-corrected chi connectivity index (χ2v) is 2.61. The van der Waals surface area contributed by atoms with Crippen molar-refractivity contribution in [2.75, 3.05) is 13.7 Å². The van der Waals surface area contributed by atoms with Crippen molar-refractivity contribution in [1.82, 2.24) is 9.97 Å². The highest BCUT2D eigenvalue weighted by Crippen LogP contribution is 2.21. The van der Waals surface area contributed by atoms with Gasteiger partial charge >= 0.3 is 6.16 Å². The Morgan fingerprint density at radius 2 is 2.20 bits per heavy atom. The molecule has 6 nitrogen and oxygen atoms in total. The van der Waals surface area contributed by atoms with Crippen molar-refractivity contribution in [2.24, 2.45) is 0 Å². The Bertz CT molecular complexity index is 354. The molecule has 6 heteroatoms. The van der Waals surface area contributed by atoms with E-state index in [0.717, 1.165) is 0 Å². The molecule has 0 radical (unpaired) electrons. The molecule has 0 fully saturated rings. The van der Waals surface area contributed by atoms with E-state index in [0.29, 0.717) is 5.69 Å². The SMILES string of the molecule is CCOC(=O)Oc1ncc(C)nc1OC. The number of hydrogen-bond donors (Lipinski definition) is 0. The maximum Gasteiger partial charge on any atom is 0.515 e. The molecule has 0 aliphatic rings. The maximum atomic E-state index is 11.0. The number of hydrogen-bond acceptors (Lipinski definition) is 6. The lowest BCUT2D eigenvalue weighted by molar-refractivity contribution is 0.101. The highest BCUT2D eigenvalue weighted by molar-refractivity contribution is 5.63. The second-order valence-electron chi connectivity index (χ2n) is 2.61. The molecule has 0 aliphatic carbocycles. The molecule has 0 saturated carbocycles. The average Bonchev–Trinajstić information content (AvgIpc) is 2.21. The van der Waals surface area contributed by atoms with Crippen LogP contribution < -0.4 is 9.47 Å². The topological polar surface area (TPSA) is 70.5 Å². The third-order valence-corrected chi connectivity index (χ3v) is 1.47. The lowest BCUT2D eigenvalue weighted by Gasteiger charge is -2.06. The van der Waals surface area contributed by atoms with E-state index in [1.54, 1.807) is 13.8 Å². The molecular weight excluding hydrogens is 200 g/mol. The summed E-state index contributed by atoms with van der Waals surface area (Å²) in [7, 11) is 1.42. The maximum absolute atomic E-state index is 11.0. The Morgan fingerprint density at radius 1 is 1.47 bits per heavy atom. The first-order chi connectivity index (χ1) is 7.17. The van der Waals surface area contributed by atoms with E-state index >= 15 is 0 Å². The average molecular weight is 212 g/mol. The highest BCUT2D eigenvalue weighted by atomic mass is 16.7. The molecule has 0 unspecified atom stereocenters. The Morgan fingerprint density at radius 3 is 2.80 bits per heavy atom. The fraction of sp³-hybridized carbons (Fsp3) is 0.444. The van der Waals surface area contributed by atoms with Crippen molar-refractivity contribution in [3.63, 3.8) is 0 Å². The van der Waals surface area contributed by atoms with E-state index in [2.05, 4.69) is 14.7 Å². The molecule has 0 N–H and O–H groups in total. The smallest absolute Gasteiger partial charge is 0.477 e. The minimum Gasteiger partial charge on any atom is -0.477 e.